The van der Waals surface area contributed by atoms with E-state index in [0.717, 1.165) is 54.9 Å². The van der Waals surface area contributed by atoms with Gasteiger partial charge in [0.25, 0.3) is 0 Å². The Morgan fingerprint density at radius 2 is 1.00 bits per heavy atom. The Morgan fingerprint density at radius 3 is 1.70 bits per heavy atom. The SMILES string of the molecule is Nc1ccccc1OCc1ccc(-c2ccc3ccccc3c2-c2nc(-c3ccccc3)nc(-c3ccccc3)n2)c2ccccc12. The third kappa shape index (κ3) is 5.45. The van der Waals surface area contributed by atoms with Crippen molar-refractivity contribution in [3.05, 3.63) is 163 Å². The molecule has 224 valence electrons. The second-order valence-corrected chi connectivity index (χ2v) is 11.4. The molecule has 1 heterocycles. The van der Waals surface area contributed by atoms with Crippen LogP contribution in [0, 0.1) is 0 Å². The van der Waals surface area contributed by atoms with Crippen molar-refractivity contribution in [1.82, 2.24) is 15.0 Å². The summed E-state index contributed by atoms with van der Waals surface area (Å²) in [6.07, 6.45) is 0. The highest BCUT2D eigenvalue weighted by atomic mass is 16.5. The van der Waals surface area contributed by atoms with E-state index in [2.05, 4.69) is 72.8 Å². The predicted octanol–water partition coefficient (Wildman–Crippen LogP) is 10.0. The van der Waals surface area contributed by atoms with Crippen molar-refractivity contribution in [2.75, 3.05) is 5.73 Å². The van der Waals surface area contributed by atoms with Crippen LogP contribution in [0.1, 0.15) is 5.56 Å². The van der Waals surface area contributed by atoms with E-state index in [9.17, 15) is 0 Å². The molecule has 0 amide bonds. The molecule has 0 fully saturated rings. The van der Waals surface area contributed by atoms with Gasteiger partial charge in [-0.15, -0.1) is 0 Å². The van der Waals surface area contributed by atoms with Crippen LogP contribution in [0.2, 0.25) is 0 Å². The maximum absolute atomic E-state index is 6.19. The Balaban J connectivity index is 1.34. The zero-order valence-corrected chi connectivity index (χ0v) is 25.5. The molecule has 7 aromatic carbocycles. The standard InChI is InChI=1S/C42H30N4O/c43-37-21-11-12-22-38(37)47-27-31-24-25-35(34-20-10-9-18-32(31)34)36-26-23-28-13-7-8-19-33(28)39(36)42-45-40(29-14-3-1-4-15-29)44-41(46-42)30-16-5-2-6-17-30/h1-26H,27,43H2. The second kappa shape index (κ2) is 12.2. The van der Waals surface area contributed by atoms with Gasteiger partial charge in [-0.05, 0) is 50.4 Å². The Kier molecular flexibility index (Phi) is 7.32. The molecule has 0 saturated carbocycles. The fraction of sp³-hybridized carbons (Fsp3) is 0.0238. The van der Waals surface area contributed by atoms with E-state index in [4.69, 9.17) is 25.4 Å². The number of nitrogens with two attached hydrogens (primary N) is 1. The Hall–Kier alpha value is -6.33. The molecular weight excluding hydrogens is 576 g/mol. The lowest BCUT2D eigenvalue weighted by Gasteiger charge is -2.17. The monoisotopic (exact) mass is 606 g/mol. The summed E-state index contributed by atoms with van der Waals surface area (Å²) in [7, 11) is 0. The van der Waals surface area contributed by atoms with Crippen LogP contribution in [0.3, 0.4) is 0 Å². The minimum Gasteiger partial charge on any atom is -0.487 e. The topological polar surface area (TPSA) is 73.9 Å². The Morgan fingerprint density at radius 1 is 0.447 bits per heavy atom. The van der Waals surface area contributed by atoms with Crippen LogP contribution in [0.25, 0.3) is 66.8 Å². The highest BCUT2D eigenvalue weighted by Crippen LogP contribution is 2.41. The van der Waals surface area contributed by atoms with Crippen molar-refractivity contribution in [2.24, 2.45) is 0 Å². The average Bonchev–Trinajstić information content (AvgIpc) is 3.14. The van der Waals surface area contributed by atoms with Crippen molar-refractivity contribution in [3.63, 3.8) is 0 Å². The molecule has 0 saturated heterocycles. The van der Waals surface area contributed by atoms with Crippen LogP contribution in [0.15, 0.2) is 158 Å². The average molecular weight is 607 g/mol. The number of aromatic nitrogens is 3. The first kappa shape index (κ1) is 28.2. The van der Waals surface area contributed by atoms with Gasteiger partial charge in [-0.3, -0.25) is 0 Å². The number of para-hydroxylation sites is 2. The molecular formula is C42H30N4O. The van der Waals surface area contributed by atoms with E-state index in [-0.39, 0.29) is 0 Å². The van der Waals surface area contributed by atoms with Gasteiger partial charge in [0.1, 0.15) is 12.4 Å². The van der Waals surface area contributed by atoms with Gasteiger partial charge in [-0.1, -0.05) is 146 Å². The van der Waals surface area contributed by atoms with Crippen LogP contribution < -0.4 is 10.5 Å². The van der Waals surface area contributed by atoms with E-state index in [1.807, 2.05) is 84.9 Å². The number of rotatable bonds is 7. The van der Waals surface area contributed by atoms with Gasteiger partial charge in [-0.2, -0.15) is 0 Å². The fourth-order valence-electron chi connectivity index (χ4n) is 6.15. The number of fused-ring (bicyclic) bond motifs is 2. The molecule has 0 unspecified atom stereocenters. The summed E-state index contributed by atoms with van der Waals surface area (Å²) in [5.74, 6) is 2.56. The molecule has 8 rings (SSSR count). The zero-order chi connectivity index (χ0) is 31.6. The predicted molar refractivity (Wildman–Crippen MR) is 192 cm³/mol. The van der Waals surface area contributed by atoms with Crippen LogP contribution in [0.5, 0.6) is 5.75 Å². The number of anilines is 1. The quantitative estimate of drug-likeness (QED) is 0.183. The summed E-state index contributed by atoms with van der Waals surface area (Å²) in [5.41, 5.74) is 12.8. The van der Waals surface area contributed by atoms with Gasteiger partial charge in [0.05, 0.1) is 5.69 Å². The highest BCUT2D eigenvalue weighted by Gasteiger charge is 2.20. The molecule has 1 aromatic heterocycles. The number of benzene rings is 7. The summed E-state index contributed by atoms with van der Waals surface area (Å²) < 4.78 is 6.19. The van der Waals surface area contributed by atoms with Crippen molar-refractivity contribution in [1.29, 1.82) is 0 Å². The number of nitrogen functional groups attached to an aromatic ring is 1. The number of ether oxygens (including phenoxy) is 1. The van der Waals surface area contributed by atoms with Crippen molar-refractivity contribution < 1.29 is 4.74 Å². The van der Waals surface area contributed by atoms with E-state index in [1.165, 1.54) is 0 Å². The molecule has 5 heteroatoms. The lowest BCUT2D eigenvalue weighted by atomic mass is 9.89. The van der Waals surface area contributed by atoms with Crippen LogP contribution >= 0.6 is 0 Å². The number of nitrogens with zero attached hydrogens (tertiary/aromatic N) is 3. The van der Waals surface area contributed by atoms with Crippen molar-refractivity contribution in [2.45, 2.75) is 6.61 Å². The van der Waals surface area contributed by atoms with Crippen LogP contribution in [0.4, 0.5) is 5.69 Å². The molecule has 0 aliphatic rings. The third-order valence-corrected chi connectivity index (χ3v) is 8.46. The molecule has 8 aromatic rings. The summed E-state index contributed by atoms with van der Waals surface area (Å²) in [6, 6.07) is 53.3. The van der Waals surface area contributed by atoms with Gasteiger partial charge >= 0.3 is 0 Å². The van der Waals surface area contributed by atoms with Crippen molar-refractivity contribution >= 4 is 27.2 Å². The second-order valence-electron chi connectivity index (χ2n) is 11.4. The normalized spacial score (nSPS) is 11.1. The first-order valence-electron chi connectivity index (χ1n) is 15.6. The summed E-state index contributed by atoms with van der Waals surface area (Å²) in [4.78, 5) is 15.3. The molecule has 0 aliphatic carbocycles. The minimum absolute atomic E-state index is 0.397. The first-order valence-corrected chi connectivity index (χ1v) is 15.6. The molecule has 0 aliphatic heterocycles. The number of hydrogen-bond donors (Lipinski definition) is 1. The number of hydrogen-bond acceptors (Lipinski definition) is 5. The van der Waals surface area contributed by atoms with Gasteiger partial charge < -0.3 is 10.5 Å². The van der Waals surface area contributed by atoms with E-state index < -0.39 is 0 Å². The van der Waals surface area contributed by atoms with Gasteiger partial charge in [0.15, 0.2) is 17.5 Å². The zero-order valence-electron chi connectivity index (χ0n) is 25.5. The van der Waals surface area contributed by atoms with Gasteiger partial charge in [-0.25, -0.2) is 15.0 Å². The molecule has 0 radical (unpaired) electrons. The molecule has 0 spiro atoms. The van der Waals surface area contributed by atoms with E-state index in [0.29, 0.717) is 35.5 Å². The van der Waals surface area contributed by atoms with Gasteiger partial charge in [0.2, 0.25) is 0 Å². The maximum Gasteiger partial charge on any atom is 0.165 e. The largest absolute Gasteiger partial charge is 0.487 e. The summed E-state index contributed by atoms with van der Waals surface area (Å²) in [6.45, 7) is 0.397. The minimum atomic E-state index is 0.397. The van der Waals surface area contributed by atoms with E-state index in [1.54, 1.807) is 0 Å². The molecule has 0 atom stereocenters. The molecule has 5 nitrogen and oxygen atoms in total. The van der Waals surface area contributed by atoms with E-state index >= 15 is 0 Å². The highest BCUT2D eigenvalue weighted by molar-refractivity contribution is 6.08. The lowest BCUT2D eigenvalue weighted by Crippen LogP contribution is -2.02. The van der Waals surface area contributed by atoms with Crippen LogP contribution in [-0.2, 0) is 6.61 Å². The lowest BCUT2D eigenvalue weighted by molar-refractivity contribution is 0.309. The van der Waals surface area contributed by atoms with Crippen LogP contribution in [-0.4, -0.2) is 15.0 Å². The smallest absolute Gasteiger partial charge is 0.165 e. The maximum atomic E-state index is 6.19. The molecule has 0 bridgehead atoms. The molecule has 2 N–H and O–H groups in total. The third-order valence-electron chi connectivity index (χ3n) is 8.46. The Labute approximate surface area is 273 Å². The Bertz CT molecular complexity index is 2310. The molecule has 47 heavy (non-hydrogen) atoms. The summed E-state index contributed by atoms with van der Waals surface area (Å²) >= 11 is 0. The summed E-state index contributed by atoms with van der Waals surface area (Å²) in [5, 5.41) is 4.42. The fourth-order valence-corrected chi connectivity index (χ4v) is 6.15. The van der Waals surface area contributed by atoms with Crippen molar-refractivity contribution in [3.8, 4) is 51.0 Å². The first-order chi connectivity index (χ1) is 23.2. The van der Waals surface area contributed by atoms with Gasteiger partial charge in [0, 0.05) is 16.7 Å².